The van der Waals surface area contributed by atoms with Crippen molar-refractivity contribution in [1.82, 2.24) is 5.32 Å². The van der Waals surface area contributed by atoms with Gasteiger partial charge in [-0.3, -0.25) is 9.59 Å². The molecule has 0 fully saturated rings. The topological polar surface area (TPSA) is 75.6 Å². The Balaban J connectivity index is 1.57. The fourth-order valence-electron chi connectivity index (χ4n) is 6.04. The molecule has 44 heavy (non-hydrogen) atoms. The first-order valence-corrected chi connectivity index (χ1v) is 19.0. The maximum atomic E-state index is 11.5. The highest BCUT2D eigenvalue weighted by atomic mass is 28.4. The first kappa shape index (κ1) is 37.5. The minimum atomic E-state index is -2.48. The molecule has 0 aromatic heterocycles. The van der Waals surface area contributed by atoms with Crippen LogP contribution in [0.15, 0.2) is 72.8 Å². The third-order valence-corrected chi connectivity index (χ3v) is 13.6. The van der Waals surface area contributed by atoms with Crippen LogP contribution >= 0.6 is 0 Å². The Morgan fingerprint density at radius 2 is 1.20 bits per heavy atom. The Labute approximate surface area is 269 Å². The molecule has 1 amide bonds. The molecule has 0 bridgehead atoms. The zero-order valence-electron chi connectivity index (χ0n) is 28.0. The normalized spacial score (nSPS) is 12.8. The molecule has 1 atom stereocenters. The molecule has 0 spiro atoms. The molecule has 2 rings (SSSR count). The molecule has 1 unspecified atom stereocenters. The van der Waals surface area contributed by atoms with E-state index in [2.05, 4.69) is 106 Å². The summed E-state index contributed by atoms with van der Waals surface area (Å²) < 4.78 is 7.21. The van der Waals surface area contributed by atoms with Crippen LogP contribution in [-0.4, -0.2) is 37.9 Å². The van der Waals surface area contributed by atoms with Crippen LogP contribution in [-0.2, 0) is 14.0 Å². The van der Waals surface area contributed by atoms with Crippen molar-refractivity contribution >= 4 is 30.6 Å². The lowest BCUT2D eigenvalue weighted by Crippen LogP contribution is -2.67. The summed E-state index contributed by atoms with van der Waals surface area (Å²) in [6.07, 6.45) is 21.9. The highest BCUT2D eigenvalue weighted by Crippen LogP contribution is 2.38. The SMILES string of the molecule is CC(CCC/C=C\CCCCCCCCCCCCC(=O)NCC(=O)O)O[Si](c1ccccc1)(c1ccccc1)C(C)(C)C. The highest BCUT2D eigenvalue weighted by molar-refractivity contribution is 6.99. The lowest BCUT2D eigenvalue weighted by Gasteiger charge is -2.44. The summed E-state index contributed by atoms with van der Waals surface area (Å²) in [5.74, 6) is -1.15. The van der Waals surface area contributed by atoms with Gasteiger partial charge in [-0.25, -0.2) is 0 Å². The molecule has 6 heteroatoms. The third kappa shape index (κ3) is 13.9. The third-order valence-electron chi connectivity index (χ3n) is 8.40. The molecule has 0 saturated heterocycles. The number of carboxylic acids is 1. The van der Waals surface area contributed by atoms with Gasteiger partial charge in [-0.05, 0) is 60.9 Å². The van der Waals surface area contributed by atoms with Crippen LogP contribution in [0.3, 0.4) is 0 Å². The second-order valence-corrected chi connectivity index (χ2v) is 17.5. The van der Waals surface area contributed by atoms with E-state index in [0.29, 0.717) is 6.42 Å². The number of allylic oxidation sites excluding steroid dienone is 2. The van der Waals surface area contributed by atoms with E-state index in [1.165, 1.54) is 61.7 Å². The van der Waals surface area contributed by atoms with E-state index in [4.69, 9.17) is 9.53 Å². The number of nitrogens with one attached hydrogen (secondary N) is 1. The zero-order chi connectivity index (χ0) is 32.1. The molecule has 0 aliphatic heterocycles. The van der Waals surface area contributed by atoms with Gasteiger partial charge in [0.25, 0.3) is 8.32 Å². The van der Waals surface area contributed by atoms with E-state index in [1.54, 1.807) is 0 Å². The second-order valence-electron chi connectivity index (χ2n) is 13.2. The average Bonchev–Trinajstić information content (AvgIpc) is 3.00. The second kappa shape index (κ2) is 21.1. The Bertz CT molecular complexity index is 1040. The van der Waals surface area contributed by atoms with E-state index in [9.17, 15) is 9.59 Å². The summed E-state index contributed by atoms with van der Waals surface area (Å²) >= 11 is 0. The Morgan fingerprint density at radius 1 is 0.750 bits per heavy atom. The van der Waals surface area contributed by atoms with Crippen LogP contribution in [0.1, 0.15) is 124 Å². The van der Waals surface area contributed by atoms with Crippen LogP contribution in [0.2, 0.25) is 5.04 Å². The van der Waals surface area contributed by atoms with E-state index >= 15 is 0 Å². The molecule has 0 aliphatic rings. The number of hydrogen-bond donors (Lipinski definition) is 2. The van der Waals surface area contributed by atoms with Crippen molar-refractivity contribution in [2.45, 2.75) is 135 Å². The minimum Gasteiger partial charge on any atom is -0.480 e. The largest absolute Gasteiger partial charge is 0.480 e. The van der Waals surface area contributed by atoms with Crippen molar-refractivity contribution in [3.8, 4) is 0 Å². The Kier molecular flexibility index (Phi) is 18.0. The van der Waals surface area contributed by atoms with Gasteiger partial charge in [0.05, 0.1) is 0 Å². The van der Waals surface area contributed by atoms with Crippen molar-refractivity contribution < 1.29 is 19.1 Å². The van der Waals surface area contributed by atoms with E-state index in [1.807, 2.05) is 0 Å². The lowest BCUT2D eigenvalue weighted by atomic mass is 10.0. The molecule has 0 aliphatic carbocycles. The predicted molar refractivity (Wildman–Crippen MR) is 187 cm³/mol. The zero-order valence-corrected chi connectivity index (χ0v) is 29.0. The predicted octanol–water partition coefficient (Wildman–Crippen LogP) is 8.56. The van der Waals surface area contributed by atoms with Gasteiger partial charge in [-0.15, -0.1) is 0 Å². The number of carbonyl (C=O) groups excluding carboxylic acids is 1. The van der Waals surface area contributed by atoms with Gasteiger partial charge in [0.1, 0.15) is 6.54 Å². The smallest absolute Gasteiger partial charge is 0.322 e. The average molecular weight is 622 g/mol. The lowest BCUT2D eigenvalue weighted by molar-refractivity contribution is -0.137. The molecule has 2 aromatic carbocycles. The van der Waals surface area contributed by atoms with Crippen molar-refractivity contribution in [1.29, 1.82) is 0 Å². The van der Waals surface area contributed by atoms with Crippen LogP contribution in [0.4, 0.5) is 0 Å². The van der Waals surface area contributed by atoms with Gasteiger partial charge in [-0.2, -0.15) is 0 Å². The van der Waals surface area contributed by atoms with Gasteiger partial charge in [0.2, 0.25) is 5.91 Å². The summed E-state index contributed by atoms with van der Waals surface area (Å²) in [5, 5.41) is 13.7. The molecular formula is C38H59NO4Si. The Hall–Kier alpha value is -2.70. The summed E-state index contributed by atoms with van der Waals surface area (Å²) in [7, 11) is -2.48. The number of benzene rings is 2. The fraction of sp³-hybridized carbons (Fsp3) is 0.579. The standard InChI is InChI=1S/C38H59NO4Si/c1-33(43-44(38(2,3)4,34-27-21-18-22-28-34)35-29-23-19-24-30-35)26-20-16-14-12-10-8-6-5-7-9-11-13-15-17-25-31-36(40)39-32-37(41)42/h12,14,18-19,21-24,27-30,33H,5-11,13,15-17,20,25-26,31-32H2,1-4H3,(H,39,40)(H,41,42)/b14-12-. The maximum absolute atomic E-state index is 11.5. The number of amides is 1. The van der Waals surface area contributed by atoms with E-state index < -0.39 is 14.3 Å². The molecule has 0 radical (unpaired) electrons. The van der Waals surface area contributed by atoms with E-state index in [0.717, 1.165) is 38.5 Å². The van der Waals surface area contributed by atoms with Crippen molar-refractivity contribution in [2.75, 3.05) is 6.54 Å². The van der Waals surface area contributed by atoms with Gasteiger partial charge < -0.3 is 14.8 Å². The number of hydrogen-bond acceptors (Lipinski definition) is 3. The van der Waals surface area contributed by atoms with Crippen molar-refractivity contribution in [2.24, 2.45) is 0 Å². The molecule has 244 valence electrons. The van der Waals surface area contributed by atoms with Crippen LogP contribution in [0.25, 0.3) is 0 Å². The highest BCUT2D eigenvalue weighted by Gasteiger charge is 2.50. The minimum absolute atomic E-state index is 0.0110. The summed E-state index contributed by atoms with van der Waals surface area (Å²) in [6.45, 7) is 9.01. The van der Waals surface area contributed by atoms with E-state index in [-0.39, 0.29) is 23.6 Å². The number of carboxylic acid groups (broad SMARTS) is 1. The fourth-order valence-corrected chi connectivity index (χ4v) is 10.8. The summed E-state index contributed by atoms with van der Waals surface area (Å²) in [6, 6.07) is 21.9. The van der Waals surface area contributed by atoms with Crippen molar-refractivity contribution in [3.05, 3.63) is 72.8 Å². The van der Waals surface area contributed by atoms with Crippen LogP contribution in [0.5, 0.6) is 0 Å². The Morgan fingerprint density at radius 3 is 1.68 bits per heavy atom. The molecule has 2 N–H and O–H groups in total. The molecule has 2 aromatic rings. The molecule has 5 nitrogen and oxygen atoms in total. The number of rotatable bonds is 23. The van der Waals surface area contributed by atoms with Gasteiger partial charge >= 0.3 is 5.97 Å². The summed E-state index contributed by atoms with van der Waals surface area (Å²) in [5.41, 5.74) is 0. The number of unbranched alkanes of at least 4 members (excludes halogenated alkanes) is 11. The first-order valence-electron chi connectivity index (χ1n) is 17.1. The van der Waals surface area contributed by atoms with Gasteiger partial charge in [-0.1, -0.05) is 145 Å². The van der Waals surface area contributed by atoms with Crippen LogP contribution in [0, 0.1) is 0 Å². The molecule has 0 saturated carbocycles. The number of carbonyl (C=O) groups is 2. The monoisotopic (exact) mass is 621 g/mol. The maximum Gasteiger partial charge on any atom is 0.322 e. The van der Waals surface area contributed by atoms with Gasteiger partial charge in [0, 0.05) is 12.5 Å². The van der Waals surface area contributed by atoms with Crippen LogP contribution < -0.4 is 15.7 Å². The van der Waals surface area contributed by atoms with Crippen molar-refractivity contribution in [3.63, 3.8) is 0 Å². The summed E-state index contributed by atoms with van der Waals surface area (Å²) in [4.78, 5) is 21.9. The molecule has 0 heterocycles. The number of aliphatic carboxylic acids is 1. The first-order chi connectivity index (χ1) is 21.2. The van der Waals surface area contributed by atoms with Gasteiger partial charge in [0.15, 0.2) is 0 Å². The molecular weight excluding hydrogens is 563 g/mol. The quantitative estimate of drug-likeness (QED) is 0.0741.